The summed E-state index contributed by atoms with van der Waals surface area (Å²) in [7, 11) is 1.98. The van der Waals surface area contributed by atoms with Crippen molar-refractivity contribution in [1.82, 2.24) is 10.2 Å². The van der Waals surface area contributed by atoms with Crippen LogP contribution in [0.5, 0.6) is 0 Å². The highest BCUT2D eigenvalue weighted by molar-refractivity contribution is 7.98. The monoisotopic (exact) mass is 304 g/mol. The highest BCUT2D eigenvalue weighted by Crippen LogP contribution is 2.22. The van der Waals surface area contributed by atoms with Gasteiger partial charge < -0.3 is 14.6 Å². The Bertz CT molecular complexity index is 403. The molecule has 4 nitrogen and oxygen atoms in total. The molecule has 1 N–H and O–H groups in total. The molecular formula is C13H21ClN2O2S. The average Bonchev–Trinajstić information content (AvgIpc) is 2.88. The van der Waals surface area contributed by atoms with Gasteiger partial charge in [-0.05, 0) is 50.7 Å². The molecule has 2 rings (SSSR count). The van der Waals surface area contributed by atoms with Gasteiger partial charge in [-0.15, -0.1) is 12.4 Å². The van der Waals surface area contributed by atoms with Crippen LogP contribution >= 0.6 is 24.2 Å². The standard InChI is InChI=1S/C13H20N2O2S.ClH/c1-14-9-10-5-7-15(8-6-10)13(16)11-3-4-12(17-11)18-2;/h3-4,10,14H,5-9H2,1-2H3;1H. The van der Waals surface area contributed by atoms with E-state index in [2.05, 4.69) is 5.32 Å². The third-order valence-corrected chi connectivity index (χ3v) is 4.01. The number of halogens is 1. The Labute approximate surface area is 124 Å². The number of nitrogens with one attached hydrogen (secondary N) is 1. The van der Waals surface area contributed by atoms with Gasteiger partial charge in [0.2, 0.25) is 0 Å². The number of carbonyl (C=O) groups excluding carboxylic acids is 1. The van der Waals surface area contributed by atoms with E-state index in [-0.39, 0.29) is 18.3 Å². The van der Waals surface area contributed by atoms with Gasteiger partial charge in [0.1, 0.15) is 0 Å². The van der Waals surface area contributed by atoms with Crippen LogP contribution in [0.15, 0.2) is 21.6 Å². The smallest absolute Gasteiger partial charge is 0.289 e. The molecule has 108 valence electrons. The second-order valence-corrected chi connectivity index (χ2v) is 5.43. The number of likely N-dealkylation sites (tertiary alicyclic amines) is 1. The van der Waals surface area contributed by atoms with Gasteiger partial charge in [-0.25, -0.2) is 0 Å². The number of hydrogen-bond acceptors (Lipinski definition) is 4. The molecule has 0 atom stereocenters. The first-order valence-electron chi connectivity index (χ1n) is 6.32. The lowest BCUT2D eigenvalue weighted by atomic mass is 9.97. The zero-order valence-electron chi connectivity index (χ0n) is 11.3. The Morgan fingerprint density at radius 1 is 1.47 bits per heavy atom. The van der Waals surface area contributed by atoms with Crippen LogP contribution < -0.4 is 5.32 Å². The van der Waals surface area contributed by atoms with Crippen molar-refractivity contribution in [2.24, 2.45) is 5.92 Å². The van der Waals surface area contributed by atoms with Crippen LogP contribution in [0.4, 0.5) is 0 Å². The van der Waals surface area contributed by atoms with Crippen molar-refractivity contribution in [2.45, 2.75) is 17.9 Å². The van der Waals surface area contributed by atoms with E-state index in [0.29, 0.717) is 11.7 Å². The maximum atomic E-state index is 12.2. The van der Waals surface area contributed by atoms with Gasteiger partial charge in [0.05, 0.1) is 0 Å². The zero-order chi connectivity index (χ0) is 13.0. The molecule has 1 aliphatic rings. The molecule has 1 aromatic rings. The van der Waals surface area contributed by atoms with E-state index in [4.69, 9.17) is 4.42 Å². The largest absolute Gasteiger partial charge is 0.445 e. The number of thioether (sulfide) groups is 1. The molecule has 19 heavy (non-hydrogen) atoms. The topological polar surface area (TPSA) is 45.5 Å². The van der Waals surface area contributed by atoms with E-state index in [9.17, 15) is 4.79 Å². The number of amides is 1. The Balaban J connectivity index is 0.00000180. The quantitative estimate of drug-likeness (QED) is 0.868. The van der Waals surface area contributed by atoms with Crippen molar-refractivity contribution in [3.8, 4) is 0 Å². The van der Waals surface area contributed by atoms with Crippen LogP contribution in [-0.2, 0) is 0 Å². The predicted molar refractivity (Wildman–Crippen MR) is 80.3 cm³/mol. The first-order valence-corrected chi connectivity index (χ1v) is 7.54. The molecule has 0 radical (unpaired) electrons. The van der Waals surface area contributed by atoms with E-state index in [0.717, 1.165) is 37.6 Å². The van der Waals surface area contributed by atoms with Gasteiger partial charge in [-0.3, -0.25) is 4.79 Å². The molecule has 0 bridgehead atoms. The normalized spacial score (nSPS) is 16.2. The highest BCUT2D eigenvalue weighted by Gasteiger charge is 2.24. The van der Waals surface area contributed by atoms with Crippen LogP contribution in [0.3, 0.4) is 0 Å². The van der Waals surface area contributed by atoms with Crippen molar-refractivity contribution in [1.29, 1.82) is 0 Å². The van der Waals surface area contributed by atoms with E-state index < -0.39 is 0 Å². The summed E-state index contributed by atoms with van der Waals surface area (Å²) in [6.07, 6.45) is 4.08. The lowest BCUT2D eigenvalue weighted by molar-refractivity contribution is 0.0653. The molecule has 0 unspecified atom stereocenters. The minimum atomic E-state index is 0. The maximum absolute atomic E-state index is 12.2. The van der Waals surface area contributed by atoms with Crippen molar-refractivity contribution in [2.75, 3.05) is 32.9 Å². The third kappa shape index (κ3) is 4.16. The van der Waals surface area contributed by atoms with E-state index in [1.165, 1.54) is 11.8 Å². The number of furan rings is 1. The minimum absolute atomic E-state index is 0. The molecule has 6 heteroatoms. The van der Waals surface area contributed by atoms with E-state index in [1.807, 2.05) is 24.3 Å². The summed E-state index contributed by atoms with van der Waals surface area (Å²) in [6.45, 7) is 2.71. The summed E-state index contributed by atoms with van der Waals surface area (Å²) in [4.78, 5) is 14.1. The average molecular weight is 305 g/mol. The zero-order valence-corrected chi connectivity index (χ0v) is 13.0. The first-order chi connectivity index (χ1) is 8.74. The van der Waals surface area contributed by atoms with Crippen LogP contribution in [0, 0.1) is 5.92 Å². The van der Waals surface area contributed by atoms with E-state index in [1.54, 1.807) is 6.07 Å². The van der Waals surface area contributed by atoms with Gasteiger partial charge in [0.25, 0.3) is 5.91 Å². The number of carbonyl (C=O) groups is 1. The molecule has 1 aliphatic heterocycles. The fourth-order valence-electron chi connectivity index (χ4n) is 2.33. The summed E-state index contributed by atoms with van der Waals surface area (Å²) in [5.74, 6) is 1.18. The molecule has 1 amide bonds. The fraction of sp³-hybridized carbons (Fsp3) is 0.615. The second kappa shape index (κ2) is 7.82. The van der Waals surface area contributed by atoms with Gasteiger partial charge in [0.15, 0.2) is 10.9 Å². The molecule has 1 fully saturated rings. The summed E-state index contributed by atoms with van der Waals surface area (Å²) in [5, 5.41) is 3.99. The fourth-order valence-corrected chi connectivity index (χ4v) is 2.71. The number of nitrogens with zero attached hydrogens (tertiary/aromatic N) is 1. The summed E-state index contributed by atoms with van der Waals surface area (Å²) in [6, 6.07) is 3.62. The molecule has 1 saturated heterocycles. The van der Waals surface area contributed by atoms with Gasteiger partial charge >= 0.3 is 0 Å². The highest BCUT2D eigenvalue weighted by atomic mass is 35.5. The molecule has 0 spiro atoms. The van der Waals surface area contributed by atoms with Crippen LogP contribution in [-0.4, -0.2) is 43.7 Å². The van der Waals surface area contributed by atoms with Crippen LogP contribution in [0.25, 0.3) is 0 Å². The number of hydrogen-bond donors (Lipinski definition) is 1. The van der Waals surface area contributed by atoms with Crippen LogP contribution in [0.1, 0.15) is 23.4 Å². The van der Waals surface area contributed by atoms with Gasteiger partial charge in [0, 0.05) is 13.1 Å². The molecule has 0 aromatic carbocycles. The number of rotatable bonds is 4. The van der Waals surface area contributed by atoms with Crippen molar-refractivity contribution < 1.29 is 9.21 Å². The molecule has 2 heterocycles. The van der Waals surface area contributed by atoms with Crippen molar-refractivity contribution >= 4 is 30.1 Å². The third-order valence-electron chi connectivity index (χ3n) is 3.39. The minimum Gasteiger partial charge on any atom is -0.445 e. The Kier molecular flexibility index (Phi) is 6.75. The predicted octanol–water partition coefficient (Wildman–Crippen LogP) is 2.49. The maximum Gasteiger partial charge on any atom is 0.289 e. The number of piperidine rings is 1. The Morgan fingerprint density at radius 3 is 2.68 bits per heavy atom. The van der Waals surface area contributed by atoms with Crippen molar-refractivity contribution in [3.63, 3.8) is 0 Å². The van der Waals surface area contributed by atoms with Gasteiger partial charge in [-0.2, -0.15) is 0 Å². The summed E-state index contributed by atoms with van der Waals surface area (Å²) in [5.41, 5.74) is 0. The second-order valence-electron chi connectivity index (χ2n) is 4.62. The van der Waals surface area contributed by atoms with Crippen molar-refractivity contribution in [3.05, 3.63) is 17.9 Å². The Morgan fingerprint density at radius 2 is 2.16 bits per heavy atom. The summed E-state index contributed by atoms with van der Waals surface area (Å²) < 4.78 is 5.48. The van der Waals surface area contributed by atoms with E-state index >= 15 is 0 Å². The lowest BCUT2D eigenvalue weighted by Crippen LogP contribution is -2.40. The molecular weight excluding hydrogens is 284 g/mol. The molecule has 0 aliphatic carbocycles. The first kappa shape index (κ1) is 16.4. The SMILES string of the molecule is CNCC1CCN(C(=O)c2ccc(SC)o2)CC1.Cl. The van der Waals surface area contributed by atoms with Gasteiger partial charge in [-0.1, -0.05) is 11.8 Å². The molecule has 1 aromatic heterocycles. The molecule has 0 saturated carbocycles. The van der Waals surface area contributed by atoms with Crippen LogP contribution in [0.2, 0.25) is 0 Å². The lowest BCUT2D eigenvalue weighted by Gasteiger charge is -2.31. The Hall–Kier alpha value is -0.650. The summed E-state index contributed by atoms with van der Waals surface area (Å²) >= 11 is 1.52.